The molecule has 1 saturated heterocycles. The number of aromatic nitrogens is 1. The van der Waals surface area contributed by atoms with E-state index in [2.05, 4.69) is 22.5 Å². The molecule has 3 amide bonds. The number of pyridine rings is 1. The Morgan fingerprint density at radius 3 is 2.39 bits per heavy atom. The van der Waals surface area contributed by atoms with Crippen LogP contribution < -0.4 is 10.6 Å². The number of amides is 3. The third-order valence-corrected chi connectivity index (χ3v) is 6.47. The van der Waals surface area contributed by atoms with Crippen LogP contribution in [0.15, 0.2) is 12.3 Å². The third-order valence-electron chi connectivity index (χ3n) is 6.47. The van der Waals surface area contributed by atoms with Crippen molar-refractivity contribution in [2.24, 2.45) is 11.8 Å². The monoisotopic (exact) mass is 458 g/mol. The lowest BCUT2D eigenvalue weighted by Crippen LogP contribution is -2.53. The molecule has 2 aliphatic rings. The first kappa shape index (κ1) is 25.0. The fourth-order valence-corrected chi connectivity index (χ4v) is 4.91. The summed E-state index contributed by atoms with van der Waals surface area (Å²) in [5, 5.41) is 5.31. The highest BCUT2D eigenvalue weighted by Crippen LogP contribution is 2.35. The van der Waals surface area contributed by atoms with E-state index in [-0.39, 0.29) is 6.04 Å². The van der Waals surface area contributed by atoms with Crippen molar-refractivity contribution < 1.29 is 19.1 Å². The van der Waals surface area contributed by atoms with E-state index in [1.165, 1.54) is 25.5 Å². The summed E-state index contributed by atoms with van der Waals surface area (Å²) in [4.78, 5) is 44.1. The lowest BCUT2D eigenvalue weighted by Gasteiger charge is -2.43. The van der Waals surface area contributed by atoms with E-state index in [9.17, 15) is 14.4 Å². The Kier molecular flexibility index (Phi) is 7.97. The smallest absolute Gasteiger partial charge is 0.413 e. The summed E-state index contributed by atoms with van der Waals surface area (Å²) >= 11 is 0. The van der Waals surface area contributed by atoms with Gasteiger partial charge in [0, 0.05) is 12.6 Å². The summed E-state index contributed by atoms with van der Waals surface area (Å²) in [6.45, 7) is 9.88. The number of hydrogen-bond donors (Lipinski definition) is 2. The molecule has 0 bridgehead atoms. The fourth-order valence-electron chi connectivity index (χ4n) is 4.91. The van der Waals surface area contributed by atoms with Crippen LogP contribution in [0.2, 0.25) is 0 Å². The number of ether oxygens (including phenoxy) is 1. The van der Waals surface area contributed by atoms with Crippen molar-refractivity contribution in [2.45, 2.75) is 91.2 Å². The van der Waals surface area contributed by atoms with Crippen LogP contribution in [0.5, 0.6) is 0 Å². The molecule has 2 atom stereocenters. The third kappa shape index (κ3) is 6.92. The Bertz CT molecular complexity index is 874. The molecule has 2 N–H and O–H groups in total. The average Bonchev–Trinajstić information content (AvgIpc) is 2.74. The number of hydrogen-bond acceptors (Lipinski definition) is 5. The van der Waals surface area contributed by atoms with Crippen LogP contribution in [0.25, 0.3) is 0 Å². The van der Waals surface area contributed by atoms with Gasteiger partial charge in [0.1, 0.15) is 11.4 Å². The first-order valence-electron chi connectivity index (χ1n) is 12.1. The fraction of sp³-hybridized carbons (Fsp3) is 0.680. The van der Waals surface area contributed by atoms with Crippen LogP contribution in [0.3, 0.4) is 0 Å². The van der Waals surface area contributed by atoms with Gasteiger partial charge in [0.2, 0.25) is 0 Å². The minimum absolute atomic E-state index is 0.153. The van der Waals surface area contributed by atoms with Gasteiger partial charge in [-0.3, -0.25) is 14.9 Å². The number of rotatable bonds is 3. The largest absolute Gasteiger partial charge is 0.444 e. The second-order valence-corrected chi connectivity index (χ2v) is 10.6. The highest BCUT2D eigenvalue weighted by Gasteiger charge is 2.37. The average molecular weight is 459 g/mol. The van der Waals surface area contributed by atoms with Crippen molar-refractivity contribution in [3.8, 4) is 0 Å². The number of nitrogens with zero attached hydrogens (tertiary/aromatic N) is 2. The zero-order valence-corrected chi connectivity index (χ0v) is 20.6. The zero-order valence-electron chi connectivity index (χ0n) is 20.6. The van der Waals surface area contributed by atoms with E-state index >= 15 is 0 Å². The molecular formula is C25H38N4O4. The normalized spacial score (nSPS) is 21.9. The molecule has 8 heteroatoms. The molecule has 182 valence electrons. The highest BCUT2D eigenvalue weighted by molar-refractivity contribution is 6.39. The standard InChI is InChI=1S/C25H38N4O4/c1-16-11-12-20(18-9-7-6-8-10-18)29(15-16)23(31)22(30)27-19-13-17(2)21(26-14-19)28-24(32)33-25(3,4)5/h13-14,16,18,20H,6-12,15H2,1-5H3,(H,27,30)(H,26,28,32)/t16-,20-/m1/s1. The number of carbonyl (C=O) groups is 3. The summed E-state index contributed by atoms with van der Waals surface area (Å²) in [5.74, 6) is 0.120. The lowest BCUT2D eigenvalue weighted by atomic mass is 9.78. The Hall–Kier alpha value is -2.64. The van der Waals surface area contributed by atoms with Gasteiger partial charge in [0.05, 0.1) is 11.9 Å². The minimum Gasteiger partial charge on any atom is -0.444 e. The Labute approximate surface area is 196 Å². The Balaban J connectivity index is 1.65. The van der Waals surface area contributed by atoms with Crippen molar-refractivity contribution in [1.82, 2.24) is 9.88 Å². The number of nitrogens with one attached hydrogen (secondary N) is 2. The van der Waals surface area contributed by atoms with Crippen LogP contribution in [-0.4, -0.2) is 46.0 Å². The number of carbonyl (C=O) groups excluding carboxylic acids is 3. The molecule has 1 saturated carbocycles. The first-order valence-corrected chi connectivity index (χ1v) is 12.1. The molecule has 8 nitrogen and oxygen atoms in total. The van der Waals surface area contributed by atoms with Crippen molar-refractivity contribution in [3.63, 3.8) is 0 Å². The molecular weight excluding hydrogens is 420 g/mol. The van der Waals surface area contributed by atoms with Crippen LogP contribution in [0, 0.1) is 18.8 Å². The molecule has 0 spiro atoms. The molecule has 2 fully saturated rings. The predicted octanol–water partition coefficient (Wildman–Crippen LogP) is 4.88. The maximum atomic E-state index is 13.2. The van der Waals surface area contributed by atoms with Gasteiger partial charge in [0.15, 0.2) is 0 Å². The van der Waals surface area contributed by atoms with E-state index in [1.807, 2.05) is 4.90 Å². The maximum absolute atomic E-state index is 13.2. The van der Waals surface area contributed by atoms with Gasteiger partial charge >= 0.3 is 17.9 Å². The molecule has 33 heavy (non-hydrogen) atoms. The van der Waals surface area contributed by atoms with Crippen LogP contribution in [0.4, 0.5) is 16.3 Å². The number of likely N-dealkylation sites (tertiary alicyclic amines) is 1. The molecule has 0 radical (unpaired) electrons. The maximum Gasteiger partial charge on any atom is 0.413 e. The van der Waals surface area contributed by atoms with E-state index in [0.29, 0.717) is 35.4 Å². The molecule has 1 aromatic rings. The van der Waals surface area contributed by atoms with Gasteiger partial charge in [-0.15, -0.1) is 0 Å². The second kappa shape index (κ2) is 10.5. The molecule has 2 heterocycles. The van der Waals surface area contributed by atoms with Gasteiger partial charge < -0.3 is 15.0 Å². The van der Waals surface area contributed by atoms with E-state index in [4.69, 9.17) is 4.74 Å². The number of aryl methyl sites for hydroxylation is 1. The molecule has 0 unspecified atom stereocenters. The quantitative estimate of drug-likeness (QED) is 0.629. The molecule has 1 aliphatic carbocycles. The highest BCUT2D eigenvalue weighted by atomic mass is 16.6. The Morgan fingerprint density at radius 2 is 1.76 bits per heavy atom. The summed E-state index contributed by atoms with van der Waals surface area (Å²) < 4.78 is 5.25. The van der Waals surface area contributed by atoms with Crippen molar-refractivity contribution >= 4 is 29.4 Å². The summed E-state index contributed by atoms with van der Waals surface area (Å²) in [6.07, 6.45) is 8.86. The van der Waals surface area contributed by atoms with Gasteiger partial charge in [-0.05, 0) is 76.8 Å². The zero-order chi connectivity index (χ0) is 24.2. The van der Waals surface area contributed by atoms with Crippen LogP contribution in [0.1, 0.15) is 78.2 Å². The second-order valence-electron chi connectivity index (χ2n) is 10.6. The summed E-state index contributed by atoms with van der Waals surface area (Å²) in [7, 11) is 0. The molecule has 1 aromatic heterocycles. The van der Waals surface area contributed by atoms with Crippen molar-refractivity contribution in [3.05, 3.63) is 17.8 Å². The van der Waals surface area contributed by atoms with E-state index in [0.717, 1.165) is 25.7 Å². The SMILES string of the molecule is Cc1cc(NC(=O)C(=O)N2C[C@H](C)CC[C@@H]2C2CCCCC2)cnc1NC(=O)OC(C)(C)C. The van der Waals surface area contributed by atoms with Gasteiger partial charge in [0.25, 0.3) is 0 Å². The van der Waals surface area contributed by atoms with Crippen molar-refractivity contribution in [2.75, 3.05) is 17.2 Å². The molecule has 1 aliphatic heterocycles. The van der Waals surface area contributed by atoms with Gasteiger partial charge in [-0.25, -0.2) is 9.78 Å². The van der Waals surface area contributed by atoms with Gasteiger partial charge in [-0.2, -0.15) is 0 Å². The number of piperidine rings is 1. The Morgan fingerprint density at radius 1 is 1.06 bits per heavy atom. The predicted molar refractivity (Wildman–Crippen MR) is 128 cm³/mol. The summed E-state index contributed by atoms with van der Waals surface area (Å²) in [6, 6.07) is 1.84. The van der Waals surface area contributed by atoms with Crippen LogP contribution in [-0.2, 0) is 14.3 Å². The topological polar surface area (TPSA) is 101 Å². The van der Waals surface area contributed by atoms with Gasteiger partial charge in [-0.1, -0.05) is 26.2 Å². The first-order chi connectivity index (χ1) is 15.5. The number of anilines is 2. The minimum atomic E-state index is -0.640. The molecule has 3 rings (SSSR count). The van der Waals surface area contributed by atoms with Crippen molar-refractivity contribution in [1.29, 1.82) is 0 Å². The molecule has 0 aromatic carbocycles. The lowest BCUT2D eigenvalue weighted by molar-refractivity contribution is -0.147. The van der Waals surface area contributed by atoms with E-state index in [1.54, 1.807) is 33.8 Å². The van der Waals surface area contributed by atoms with Crippen LogP contribution >= 0.6 is 0 Å². The van der Waals surface area contributed by atoms with E-state index < -0.39 is 23.5 Å². The summed E-state index contributed by atoms with van der Waals surface area (Å²) in [5.41, 5.74) is 0.450.